The zero-order valence-corrected chi connectivity index (χ0v) is 9.14. The monoisotopic (exact) mass is 261 g/mol. The van der Waals surface area contributed by atoms with Crippen LogP contribution >= 0.6 is 0 Å². The Balaban J connectivity index is 3.58. The lowest BCUT2D eigenvalue weighted by atomic mass is 10.0. The van der Waals surface area contributed by atoms with E-state index < -0.39 is 34.7 Å². The van der Waals surface area contributed by atoms with Crippen LogP contribution in [0.3, 0.4) is 0 Å². The Labute approximate surface area is 99.6 Å². The molecule has 0 aromatic heterocycles. The molecule has 0 aliphatic heterocycles. The van der Waals surface area contributed by atoms with Gasteiger partial charge < -0.3 is 4.74 Å². The molecule has 0 saturated heterocycles. The molecule has 1 rings (SSSR count). The first-order valence-electron chi connectivity index (χ1n) is 4.79. The lowest BCUT2D eigenvalue weighted by molar-refractivity contribution is -0.138. The molecule has 0 spiro atoms. The maximum absolute atomic E-state index is 13.4. The van der Waals surface area contributed by atoms with E-state index in [1.54, 1.807) is 0 Å². The molecule has 1 aromatic rings. The van der Waals surface area contributed by atoms with E-state index in [1.807, 2.05) is 0 Å². The van der Waals surface area contributed by atoms with Crippen LogP contribution in [0.5, 0.6) is 0 Å². The van der Waals surface area contributed by atoms with Crippen molar-refractivity contribution in [3.05, 3.63) is 34.6 Å². The van der Waals surface area contributed by atoms with Crippen molar-refractivity contribution in [3.8, 4) is 6.07 Å². The Morgan fingerprint density at radius 3 is 2.50 bits per heavy atom. The Kier molecular flexibility index (Phi) is 3.91. The summed E-state index contributed by atoms with van der Waals surface area (Å²) in [6.07, 6.45) is -5.02. The van der Waals surface area contributed by atoms with E-state index in [0.29, 0.717) is 12.1 Å². The Morgan fingerprint density at radius 1 is 1.44 bits per heavy atom. The van der Waals surface area contributed by atoms with Crippen LogP contribution in [0.25, 0.3) is 0 Å². The molecule has 0 fully saturated rings. The van der Waals surface area contributed by atoms with E-state index in [1.165, 1.54) is 13.0 Å². The number of ether oxygens (including phenoxy) is 1. The lowest BCUT2D eigenvalue weighted by Gasteiger charge is -2.14. The van der Waals surface area contributed by atoms with Gasteiger partial charge in [0, 0.05) is 0 Å². The van der Waals surface area contributed by atoms with Gasteiger partial charge in [-0.2, -0.15) is 18.4 Å². The van der Waals surface area contributed by atoms with Crippen molar-refractivity contribution in [2.45, 2.75) is 13.1 Å². The van der Waals surface area contributed by atoms with E-state index in [4.69, 9.17) is 5.26 Å². The molecular weight excluding hydrogens is 254 g/mol. The number of nitriles is 1. The second-order valence-corrected chi connectivity index (χ2v) is 3.17. The van der Waals surface area contributed by atoms with Gasteiger partial charge in [-0.3, -0.25) is 0 Å². The molecule has 1 aromatic carbocycles. The van der Waals surface area contributed by atoms with Crippen LogP contribution in [0.15, 0.2) is 12.1 Å². The molecule has 0 saturated carbocycles. The fraction of sp³-hybridized carbons (Fsp3) is 0.273. The number of hydrogen-bond donors (Lipinski definition) is 0. The van der Waals surface area contributed by atoms with Crippen LogP contribution in [0.1, 0.15) is 28.4 Å². The molecule has 0 atom stereocenters. The van der Waals surface area contributed by atoms with E-state index in [-0.39, 0.29) is 6.61 Å². The summed E-state index contributed by atoms with van der Waals surface area (Å²) in [6.45, 7) is 1.17. The van der Waals surface area contributed by atoms with Gasteiger partial charge in [-0.25, -0.2) is 9.18 Å². The van der Waals surface area contributed by atoms with Crippen molar-refractivity contribution in [1.29, 1.82) is 5.26 Å². The third-order valence-electron chi connectivity index (χ3n) is 2.04. The molecule has 3 nitrogen and oxygen atoms in total. The lowest BCUT2D eigenvalue weighted by Crippen LogP contribution is -2.19. The van der Waals surface area contributed by atoms with E-state index in [9.17, 15) is 22.4 Å². The van der Waals surface area contributed by atoms with Crippen molar-refractivity contribution < 1.29 is 27.1 Å². The molecular formula is C11H7F4NO2. The van der Waals surface area contributed by atoms with Crippen LogP contribution < -0.4 is 0 Å². The normalized spacial score (nSPS) is 10.9. The van der Waals surface area contributed by atoms with Crippen LogP contribution in [0.4, 0.5) is 17.6 Å². The minimum Gasteiger partial charge on any atom is -0.462 e. The highest BCUT2D eigenvalue weighted by Gasteiger charge is 2.40. The highest BCUT2D eigenvalue weighted by Crippen LogP contribution is 2.36. The number of rotatable bonds is 2. The Hall–Kier alpha value is -2.10. The molecule has 7 heteroatoms. The van der Waals surface area contributed by atoms with Gasteiger partial charge in [-0.1, -0.05) is 0 Å². The molecule has 0 aliphatic carbocycles. The van der Waals surface area contributed by atoms with Gasteiger partial charge in [0.25, 0.3) is 0 Å². The van der Waals surface area contributed by atoms with Gasteiger partial charge in [0.15, 0.2) is 0 Å². The van der Waals surface area contributed by atoms with Crippen LogP contribution in [-0.2, 0) is 10.9 Å². The first-order valence-corrected chi connectivity index (χ1v) is 4.79. The molecule has 0 aliphatic rings. The summed E-state index contributed by atoms with van der Waals surface area (Å²) in [7, 11) is 0. The molecule has 0 unspecified atom stereocenters. The highest BCUT2D eigenvalue weighted by molar-refractivity contribution is 5.92. The summed E-state index contributed by atoms with van der Waals surface area (Å²) in [6, 6.07) is 2.56. The quantitative estimate of drug-likeness (QED) is 0.607. The Morgan fingerprint density at radius 2 is 2.06 bits per heavy atom. The van der Waals surface area contributed by atoms with E-state index in [2.05, 4.69) is 4.74 Å². The van der Waals surface area contributed by atoms with Crippen molar-refractivity contribution in [1.82, 2.24) is 0 Å². The predicted molar refractivity (Wildman–Crippen MR) is 52.1 cm³/mol. The number of benzene rings is 1. The summed E-state index contributed by atoms with van der Waals surface area (Å²) in [4.78, 5) is 11.3. The van der Waals surface area contributed by atoms with E-state index >= 15 is 0 Å². The standard InChI is InChI=1S/C11H7F4NO2/c1-2-18-10(17)8-7(12)4-3-6(5-16)9(8)11(13,14)15/h3-4H,2H2,1H3. The third kappa shape index (κ3) is 2.59. The smallest absolute Gasteiger partial charge is 0.418 e. The second-order valence-electron chi connectivity index (χ2n) is 3.17. The van der Waals surface area contributed by atoms with Crippen molar-refractivity contribution in [2.75, 3.05) is 6.61 Å². The number of carbonyl (C=O) groups is 1. The van der Waals surface area contributed by atoms with Crippen LogP contribution in [0.2, 0.25) is 0 Å². The minimum atomic E-state index is -5.02. The zero-order chi connectivity index (χ0) is 13.9. The van der Waals surface area contributed by atoms with Gasteiger partial charge in [0.1, 0.15) is 11.4 Å². The fourth-order valence-electron chi connectivity index (χ4n) is 1.37. The highest BCUT2D eigenvalue weighted by atomic mass is 19.4. The fourth-order valence-corrected chi connectivity index (χ4v) is 1.37. The summed E-state index contributed by atoms with van der Waals surface area (Å²) < 4.78 is 56.0. The van der Waals surface area contributed by atoms with Gasteiger partial charge in [0.05, 0.1) is 23.8 Å². The number of nitrogens with zero attached hydrogens (tertiary/aromatic N) is 1. The minimum absolute atomic E-state index is 0.202. The second kappa shape index (κ2) is 5.04. The summed E-state index contributed by atoms with van der Waals surface area (Å²) in [5.41, 5.74) is -3.70. The molecule has 0 radical (unpaired) electrons. The first kappa shape index (κ1) is 14.0. The predicted octanol–water partition coefficient (Wildman–Crippen LogP) is 2.89. The van der Waals surface area contributed by atoms with Gasteiger partial charge in [-0.05, 0) is 19.1 Å². The maximum atomic E-state index is 13.4. The van der Waals surface area contributed by atoms with Crippen LogP contribution in [-0.4, -0.2) is 12.6 Å². The number of esters is 1. The SMILES string of the molecule is CCOC(=O)c1c(F)ccc(C#N)c1C(F)(F)F. The molecule has 0 heterocycles. The number of halogens is 4. The molecule has 18 heavy (non-hydrogen) atoms. The van der Waals surface area contributed by atoms with Crippen molar-refractivity contribution in [3.63, 3.8) is 0 Å². The molecule has 96 valence electrons. The first-order chi connectivity index (χ1) is 8.32. The maximum Gasteiger partial charge on any atom is 0.418 e. The molecule has 0 amide bonds. The van der Waals surface area contributed by atoms with Gasteiger partial charge >= 0.3 is 12.1 Å². The summed E-state index contributed by atoms with van der Waals surface area (Å²) in [5, 5.41) is 8.58. The number of alkyl halides is 3. The van der Waals surface area contributed by atoms with Crippen LogP contribution in [0, 0.1) is 17.1 Å². The Bertz CT molecular complexity index is 517. The van der Waals surface area contributed by atoms with Gasteiger partial charge in [0.2, 0.25) is 0 Å². The van der Waals surface area contributed by atoms with Crippen molar-refractivity contribution >= 4 is 5.97 Å². The van der Waals surface area contributed by atoms with E-state index in [0.717, 1.165) is 0 Å². The number of hydrogen-bond acceptors (Lipinski definition) is 3. The van der Waals surface area contributed by atoms with Crippen molar-refractivity contribution in [2.24, 2.45) is 0 Å². The summed E-state index contributed by atoms with van der Waals surface area (Å²) >= 11 is 0. The average molecular weight is 261 g/mol. The average Bonchev–Trinajstić information content (AvgIpc) is 2.27. The van der Waals surface area contributed by atoms with Gasteiger partial charge in [-0.15, -0.1) is 0 Å². The third-order valence-corrected chi connectivity index (χ3v) is 2.04. The molecule has 0 bridgehead atoms. The number of carbonyl (C=O) groups excluding carboxylic acids is 1. The zero-order valence-electron chi connectivity index (χ0n) is 9.14. The topological polar surface area (TPSA) is 50.1 Å². The molecule has 0 N–H and O–H groups in total. The largest absolute Gasteiger partial charge is 0.462 e. The summed E-state index contributed by atoms with van der Waals surface area (Å²) in [5.74, 6) is -2.82.